The van der Waals surface area contributed by atoms with Gasteiger partial charge >= 0.3 is 5.63 Å². The molecule has 1 aromatic carbocycles. The van der Waals surface area contributed by atoms with E-state index >= 15 is 0 Å². The van der Waals surface area contributed by atoms with E-state index < -0.39 is 0 Å². The van der Waals surface area contributed by atoms with Gasteiger partial charge in [0.15, 0.2) is 5.89 Å². The molecule has 0 spiro atoms. The van der Waals surface area contributed by atoms with Crippen LogP contribution in [0, 0.1) is 53.3 Å². The van der Waals surface area contributed by atoms with E-state index in [1.54, 1.807) is 6.07 Å². The molecule has 0 aliphatic heterocycles. The fourth-order valence-corrected chi connectivity index (χ4v) is 10.1. The zero-order valence-corrected chi connectivity index (χ0v) is 23.1. The molecule has 2 aromatic rings. The average molecular weight is 508 g/mol. The molecule has 1 unspecified atom stereocenters. The topological polar surface area (TPSA) is 83.6 Å². The monoisotopic (exact) mass is 507 g/mol. The summed E-state index contributed by atoms with van der Waals surface area (Å²) in [5.41, 5.74) is 1.68. The van der Waals surface area contributed by atoms with Gasteiger partial charge < -0.3 is 14.6 Å². The molecule has 1 heterocycles. The minimum Gasteiger partial charge on any atom is -0.408 e. The van der Waals surface area contributed by atoms with Crippen LogP contribution in [0.25, 0.3) is 10.9 Å². The molecule has 5 heteroatoms. The molecule has 10 atom stereocenters. The van der Waals surface area contributed by atoms with Crippen LogP contribution in [0.1, 0.15) is 90.0 Å². The SMILES string of the molecule is Cc1cccc2c(=O)oc(CC[C@@H](C)[C@H]3CC[C@H]4[C@@H]5CC[C@@H]6C[C@H](O)CC[C@]6(C)C5C[C@H](O)[C@]34C)nc12. The van der Waals surface area contributed by atoms with Gasteiger partial charge in [0.05, 0.1) is 23.1 Å². The van der Waals surface area contributed by atoms with Crippen molar-refractivity contribution in [2.75, 3.05) is 0 Å². The zero-order valence-electron chi connectivity index (χ0n) is 23.1. The van der Waals surface area contributed by atoms with E-state index in [1.807, 2.05) is 19.1 Å². The third-order valence-electron chi connectivity index (χ3n) is 12.2. The summed E-state index contributed by atoms with van der Waals surface area (Å²) in [4.78, 5) is 17.3. The van der Waals surface area contributed by atoms with E-state index in [1.165, 1.54) is 25.7 Å². The van der Waals surface area contributed by atoms with Crippen molar-refractivity contribution in [1.82, 2.24) is 4.98 Å². The number of hydrogen-bond donors (Lipinski definition) is 2. The van der Waals surface area contributed by atoms with Gasteiger partial charge in [-0.3, -0.25) is 0 Å². The Balaban J connectivity index is 1.20. The fourth-order valence-electron chi connectivity index (χ4n) is 10.1. The molecule has 0 saturated heterocycles. The molecule has 5 nitrogen and oxygen atoms in total. The van der Waals surface area contributed by atoms with Crippen molar-refractivity contribution >= 4 is 10.9 Å². The number of aromatic nitrogens is 1. The first-order chi connectivity index (χ1) is 17.6. The highest BCUT2D eigenvalue weighted by Crippen LogP contribution is 2.68. The maximum absolute atomic E-state index is 12.6. The number of hydrogen-bond acceptors (Lipinski definition) is 5. The maximum Gasteiger partial charge on any atom is 0.346 e. The summed E-state index contributed by atoms with van der Waals surface area (Å²) in [7, 11) is 0. The number of aliphatic hydroxyl groups is 2. The second kappa shape index (κ2) is 9.19. The smallest absolute Gasteiger partial charge is 0.346 e. The summed E-state index contributed by atoms with van der Waals surface area (Å²) >= 11 is 0. The van der Waals surface area contributed by atoms with Crippen molar-refractivity contribution in [3.8, 4) is 0 Å². The Hall–Kier alpha value is -1.72. The minimum atomic E-state index is -0.294. The fraction of sp³-hybridized carbons (Fsp3) is 0.750. The van der Waals surface area contributed by atoms with Crippen LogP contribution in [0.15, 0.2) is 27.4 Å². The van der Waals surface area contributed by atoms with Gasteiger partial charge in [-0.1, -0.05) is 32.9 Å². The zero-order chi connectivity index (χ0) is 26.1. The quantitative estimate of drug-likeness (QED) is 0.526. The van der Waals surface area contributed by atoms with Crippen molar-refractivity contribution < 1.29 is 14.6 Å². The van der Waals surface area contributed by atoms with E-state index in [0.29, 0.717) is 53.2 Å². The summed E-state index contributed by atoms with van der Waals surface area (Å²) in [5, 5.41) is 22.7. The lowest BCUT2D eigenvalue weighted by atomic mass is 9.43. The van der Waals surface area contributed by atoms with Gasteiger partial charge in [0, 0.05) is 6.42 Å². The lowest BCUT2D eigenvalue weighted by Gasteiger charge is -2.62. The lowest BCUT2D eigenvalue weighted by molar-refractivity contribution is -0.174. The highest BCUT2D eigenvalue weighted by Gasteiger charge is 2.63. The van der Waals surface area contributed by atoms with Crippen molar-refractivity contribution in [3.05, 3.63) is 40.1 Å². The standard InChI is InChI=1S/C32H45NO4/c1-18(8-13-28-33-29-19(2)6-5-7-23(29)30(36)37-28)24-11-12-25-22-10-9-20-16-21(34)14-15-31(20,3)26(22)17-27(35)32(24,25)4/h5-7,18,20-22,24-27,34-35H,8-17H2,1-4H3/t18-,20-,21-,22+,24-,25+,26?,27+,31+,32-/m1/s1. The van der Waals surface area contributed by atoms with Gasteiger partial charge in [-0.25, -0.2) is 9.78 Å². The highest BCUT2D eigenvalue weighted by molar-refractivity contribution is 5.80. The second-order valence-electron chi connectivity index (χ2n) is 13.8. The van der Waals surface area contributed by atoms with Crippen LogP contribution in [-0.2, 0) is 6.42 Å². The van der Waals surface area contributed by atoms with Crippen LogP contribution < -0.4 is 5.63 Å². The van der Waals surface area contributed by atoms with Crippen LogP contribution >= 0.6 is 0 Å². The molecule has 4 fully saturated rings. The average Bonchev–Trinajstić information content (AvgIpc) is 3.23. The molecule has 0 bridgehead atoms. The van der Waals surface area contributed by atoms with E-state index in [2.05, 4.69) is 20.8 Å². The van der Waals surface area contributed by atoms with Crippen molar-refractivity contribution in [1.29, 1.82) is 0 Å². The number of para-hydroxylation sites is 1. The predicted octanol–water partition coefficient (Wildman–Crippen LogP) is 6.06. The Morgan fingerprint density at radius 3 is 2.70 bits per heavy atom. The molecule has 4 aliphatic carbocycles. The lowest BCUT2D eigenvalue weighted by Crippen LogP contribution is -2.58. The number of aryl methyl sites for hydroxylation is 2. The largest absolute Gasteiger partial charge is 0.408 e. The highest BCUT2D eigenvalue weighted by atomic mass is 16.4. The summed E-state index contributed by atoms with van der Waals surface area (Å²) in [6.45, 7) is 9.20. The van der Waals surface area contributed by atoms with Crippen LogP contribution in [-0.4, -0.2) is 27.4 Å². The first-order valence-electron chi connectivity index (χ1n) is 14.9. The van der Waals surface area contributed by atoms with Gasteiger partial charge in [-0.15, -0.1) is 0 Å². The van der Waals surface area contributed by atoms with Crippen molar-refractivity contribution in [3.63, 3.8) is 0 Å². The second-order valence-corrected chi connectivity index (χ2v) is 13.8. The molecule has 4 aliphatic rings. The van der Waals surface area contributed by atoms with E-state index in [-0.39, 0.29) is 28.7 Å². The summed E-state index contributed by atoms with van der Waals surface area (Å²) in [6.07, 6.45) is 9.98. The Labute approximate surface area is 221 Å². The number of aliphatic hydroxyl groups excluding tert-OH is 2. The van der Waals surface area contributed by atoms with Crippen LogP contribution in [0.2, 0.25) is 0 Å². The molecule has 1 aromatic heterocycles. The molecule has 4 saturated carbocycles. The van der Waals surface area contributed by atoms with Crippen molar-refractivity contribution in [2.24, 2.45) is 46.3 Å². The summed E-state index contributed by atoms with van der Waals surface area (Å²) < 4.78 is 5.62. The molecule has 0 radical (unpaired) electrons. The third-order valence-corrected chi connectivity index (χ3v) is 12.2. The molecule has 37 heavy (non-hydrogen) atoms. The predicted molar refractivity (Wildman–Crippen MR) is 145 cm³/mol. The first-order valence-corrected chi connectivity index (χ1v) is 14.9. The van der Waals surface area contributed by atoms with E-state index in [4.69, 9.17) is 9.40 Å². The third kappa shape index (κ3) is 3.93. The first kappa shape index (κ1) is 25.6. The van der Waals surface area contributed by atoms with Gasteiger partial charge in [-0.2, -0.15) is 0 Å². The van der Waals surface area contributed by atoms with Crippen LogP contribution in [0.5, 0.6) is 0 Å². The molecule has 0 amide bonds. The number of nitrogens with zero attached hydrogens (tertiary/aromatic N) is 1. The minimum absolute atomic E-state index is 0.0494. The van der Waals surface area contributed by atoms with Crippen LogP contribution in [0.3, 0.4) is 0 Å². The maximum atomic E-state index is 12.6. The molecule has 2 N–H and O–H groups in total. The molecular weight excluding hydrogens is 462 g/mol. The Morgan fingerprint density at radius 2 is 1.89 bits per heavy atom. The van der Waals surface area contributed by atoms with E-state index in [9.17, 15) is 15.0 Å². The van der Waals surface area contributed by atoms with Gasteiger partial charge in [-0.05, 0) is 123 Å². The van der Waals surface area contributed by atoms with Gasteiger partial charge in [0.1, 0.15) is 0 Å². The van der Waals surface area contributed by atoms with E-state index in [0.717, 1.165) is 43.2 Å². The normalized spacial score (nSPS) is 42.2. The molecule has 202 valence electrons. The summed E-state index contributed by atoms with van der Waals surface area (Å²) in [6, 6.07) is 5.65. The summed E-state index contributed by atoms with van der Waals surface area (Å²) in [5.74, 6) is 3.91. The van der Waals surface area contributed by atoms with Crippen LogP contribution in [0.4, 0.5) is 0 Å². The number of benzene rings is 1. The van der Waals surface area contributed by atoms with Crippen molar-refractivity contribution in [2.45, 2.75) is 104 Å². The number of rotatable bonds is 4. The van der Waals surface area contributed by atoms with Gasteiger partial charge in [0.25, 0.3) is 0 Å². The molecule has 6 rings (SSSR count). The number of fused-ring (bicyclic) bond motifs is 6. The molecular formula is C32H45NO4. The van der Waals surface area contributed by atoms with Gasteiger partial charge in [0.2, 0.25) is 0 Å². The Kier molecular flexibility index (Phi) is 6.35. The Morgan fingerprint density at radius 1 is 1.08 bits per heavy atom. The Bertz CT molecular complexity index is 1220.